The van der Waals surface area contributed by atoms with Gasteiger partial charge in [-0.25, -0.2) is 0 Å². The predicted octanol–water partition coefficient (Wildman–Crippen LogP) is 14.6. The largest absolute Gasteiger partial charge is 0.504 e. The van der Waals surface area contributed by atoms with Crippen molar-refractivity contribution in [1.29, 1.82) is 0 Å². The third-order valence-electron chi connectivity index (χ3n) is 8.48. The highest BCUT2D eigenvalue weighted by Crippen LogP contribution is 2.42. The van der Waals surface area contributed by atoms with Crippen molar-refractivity contribution < 1.29 is 15.1 Å². The molecule has 0 aliphatic carbocycles. The minimum absolute atomic E-state index is 0.0200. The van der Waals surface area contributed by atoms with Crippen molar-refractivity contribution in [1.82, 2.24) is 0 Å². The molecule has 56 heavy (non-hydrogen) atoms. The summed E-state index contributed by atoms with van der Waals surface area (Å²) < 4.78 is 0. The average Bonchev–Trinajstić information content (AvgIpc) is 3.19. The molecule has 0 heterocycles. The maximum Gasteiger partial charge on any atom is 0.269 e. The van der Waals surface area contributed by atoms with E-state index in [1.165, 1.54) is 23.9 Å². The number of aromatic hydroxyl groups is 2. The quantitative estimate of drug-likeness (QED) is 0.0516. The Labute approximate surface area is 359 Å². The first kappa shape index (κ1) is 43.2. The molecule has 0 aromatic heterocycles. The molecule has 0 atom stereocenters. The number of nitrogens with one attached hydrogen (secondary N) is 2. The van der Waals surface area contributed by atoms with Gasteiger partial charge in [-0.2, -0.15) is 0 Å². The summed E-state index contributed by atoms with van der Waals surface area (Å²) in [5, 5.41) is 40.3. The molecule has 0 aliphatic heterocycles. The molecule has 14 heteroatoms. The van der Waals surface area contributed by atoms with E-state index in [4.69, 9.17) is 58.0 Å². The molecule has 0 amide bonds. The van der Waals surface area contributed by atoms with E-state index in [2.05, 4.69) is 16.7 Å². The van der Waals surface area contributed by atoms with Crippen molar-refractivity contribution in [2.45, 2.75) is 59.4 Å². The zero-order chi connectivity index (χ0) is 40.4. The van der Waals surface area contributed by atoms with Crippen LogP contribution in [0.5, 0.6) is 11.5 Å². The van der Waals surface area contributed by atoms with E-state index in [0.717, 1.165) is 36.3 Å². The van der Waals surface area contributed by atoms with Crippen LogP contribution in [0.1, 0.15) is 36.1 Å². The average molecular weight is 888 g/mol. The van der Waals surface area contributed by atoms with Crippen molar-refractivity contribution >= 4 is 98.6 Å². The number of nitrogens with zero attached hydrogens (tertiary/aromatic N) is 1. The van der Waals surface area contributed by atoms with E-state index in [0.29, 0.717) is 63.0 Å². The number of phenols is 2. The molecule has 0 spiro atoms. The third-order valence-corrected chi connectivity index (χ3v) is 12.5. The molecular formula is C42H36Cl5N3O4S2. The minimum atomic E-state index is -0.418. The number of phenolic OH excluding ortho intramolecular Hbond substituents is 2. The van der Waals surface area contributed by atoms with Crippen molar-refractivity contribution in [3.63, 3.8) is 0 Å². The molecule has 4 N–H and O–H groups in total. The molecule has 0 fully saturated rings. The summed E-state index contributed by atoms with van der Waals surface area (Å²) in [5.74, 6) is 0.00849. The first-order valence-corrected chi connectivity index (χ1v) is 20.8. The SMILES string of the molecule is CCc1c(Cl)cc(NCc2ccccc2Sc2ccc(Cl)cc2)c(O)c1Cl.CCc1c(Cl)cc(NCc2ccccc2Sc2ccc([N+](=O)[O-])cc2)c(O)c1Cl. The Morgan fingerprint density at radius 1 is 0.607 bits per heavy atom. The van der Waals surface area contributed by atoms with Gasteiger partial charge in [-0.15, -0.1) is 0 Å². The maximum atomic E-state index is 10.8. The molecule has 290 valence electrons. The molecular weight excluding hydrogens is 852 g/mol. The van der Waals surface area contributed by atoms with Crippen molar-refractivity contribution in [3.8, 4) is 11.5 Å². The fourth-order valence-electron chi connectivity index (χ4n) is 5.49. The summed E-state index contributed by atoms with van der Waals surface area (Å²) in [6.07, 6.45) is 1.28. The number of rotatable bonds is 13. The van der Waals surface area contributed by atoms with Gasteiger partial charge in [-0.3, -0.25) is 10.1 Å². The van der Waals surface area contributed by atoms with Gasteiger partial charge >= 0.3 is 0 Å². The van der Waals surface area contributed by atoms with Crippen LogP contribution in [0.25, 0.3) is 0 Å². The molecule has 6 aromatic carbocycles. The Kier molecular flexibility index (Phi) is 15.8. The smallest absolute Gasteiger partial charge is 0.269 e. The van der Waals surface area contributed by atoms with E-state index >= 15 is 0 Å². The van der Waals surface area contributed by atoms with Gasteiger partial charge in [0.1, 0.15) is 0 Å². The lowest BCUT2D eigenvalue weighted by Gasteiger charge is -2.15. The van der Waals surface area contributed by atoms with Crippen molar-refractivity contribution in [2.24, 2.45) is 0 Å². The number of anilines is 2. The summed E-state index contributed by atoms with van der Waals surface area (Å²) in [4.78, 5) is 14.5. The number of nitro groups is 1. The second kappa shape index (κ2) is 20.5. The van der Waals surface area contributed by atoms with Gasteiger partial charge < -0.3 is 20.8 Å². The van der Waals surface area contributed by atoms with Gasteiger partial charge in [0.2, 0.25) is 0 Å². The molecule has 0 bridgehead atoms. The highest BCUT2D eigenvalue weighted by molar-refractivity contribution is 7.99. The number of hydrogen-bond acceptors (Lipinski definition) is 8. The number of nitro benzene ring substituents is 1. The van der Waals surface area contributed by atoms with Crippen LogP contribution < -0.4 is 10.6 Å². The number of benzene rings is 6. The minimum Gasteiger partial charge on any atom is -0.504 e. The Morgan fingerprint density at radius 3 is 1.39 bits per heavy atom. The van der Waals surface area contributed by atoms with E-state index in [-0.39, 0.29) is 22.2 Å². The van der Waals surface area contributed by atoms with Crippen LogP contribution in [0.4, 0.5) is 17.1 Å². The second-order valence-electron chi connectivity index (χ2n) is 12.1. The molecule has 6 rings (SSSR count). The highest BCUT2D eigenvalue weighted by atomic mass is 35.5. The lowest BCUT2D eigenvalue weighted by atomic mass is 10.1. The van der Waals surface area contributed by atoms with Crippen LogP contribution in [0.2, 0.25) is 25.1 Å². The summed E-state index contributed by atoms with van der Waals surface area (Å²) in [6, 6.07) is 33.5. The van der Waals surface area contributed by atoms with Gasteiger partial charge in [-0.05, 0) is 95.8 Å². The Morgan fingerprint density at radius 2 is 1.00 bits per heavy atom. The molecule has 0 radical (unpaired) electrons. The van der Waals surface area contributed by atoms with Crippen LogP contribution in [-0.2, 0) is 25.9 Å². The molecule has 0 saturated carbocycles. The first-order valence-electron chi connectivity index (χ1n) is 17.3. The highest BCUT2D eigenvalue weighted by Gasteiger charge is 2.16. The van der Waals surface area contributed by atoms with Gasteiger partial charge in [0, 0.05) is 59.9 Å². The van der Waals surface area contributed by atoms with Crippen LogP contribution in [0.3, 0.4) is 0 Å². The van der Waals surface area contributed by atoms with Crippen LogP contribution >= 0.6 is 81.5 Å². The van der Waals surface area contributed by atoms with E-state index in [1.807, 2.05) is 80.6 Å². The maximum absolute atomic E-state index is 10.8. The van der Waals surface area contributed by atoms with Crippen LogP contribution in [0.15, 0.2) is 129 Å². The van der Waals surface area contributed by atoms with E-state index < -0.39 is 4.92 Å². The monoisotopic (exact) mass is 885 g/mol. The molecule has 0 unspecified atom stereocenters. The van der Waals surface area contributed by atoms with Gasteiger partial charge in [0.25, 0.3) is 5.69 Å². The summed E-state index contributed by atoms with van der Waals surface area (Å²) in [7, 11) is 0. The Bertz CT molecular complexity index is 2310. The molecule has 0 saturated heterocycles. The summed E-state index contributed by atoms with van der Waals surface area (Å²) in [6.45, 7) is 4.85. The lowest BCUT2D eigenvalue weighted by molar-refractivity contribution is -0.384. The molecule has 6 aromatic rings. The summed E-state index contributed by atoms with van der Waals surface area (Å²) in [5.41, 5.74) is 4.61. The first-order chi connectivity index (χ1) is 26.9. The fraction of sp³-hybridized carbons (Fsp3) is 0.143. The zero-order valence-electron chi connectivity index (χ0n) is 30.1. The van der Waals surface area contributed by atoms with Crippen LogP contribution in [-0.4, -0.2) is 15.1 Å². The molecule has 7 nitrogen and oxygen atoms in total. The fourth-order valence-corrected chi connectivity index (χ4v) is 8.95. The molecule has 0 aliphatic rings. The third kappa shape index (κ3) is 11.1. The summed E-state index contributed by atoms with van der Waals surface area (Å²) >= 11 is 34.2. The van der Waals surface area contributed by atoms with E-state index in [1.54, 1.807) is 36.0 Å². The van der Waals surface area contributed by atoms with E-state index in [9.17, 15) is 20.3 Å². The lowest BCUT2D eigenvalue weighted by Crippen LogP contribution is -2.02. The van der Waals surface area contributed by atoms with Crippen LogP contribution in [0, 0.1) is 10.1 Å². The second-order valence-corrected chi connectivity index (χ2v) is 16.4. The zero-order valence-corrected chi connectivity index (χ0v) is 35.5. The van der Waals surface area contributed by atoms with Gasteiger partial charge in [0.15, 0.2) is 11.5 Å². The topological polar surface area (TPSA) is 108 Å². The number of hydrogen-bond donors (Lipinski definition) is 4. The van der Waals surface area contributed by atoms with Crippen molar-refractivity contribution in [2.75, 3.05) is 10.6 Å². The Balaban J connectivity index is 0.000000215. The van der Waals surface area contributed by atoms with Gasteiger partial charge in [0.05, 0.1) is 26.3 Å². The predicted molar refractivity (Wildman–Crippen MR) is 235 cm³/mol. The van der Waals surface area contributed by atoms with Crippen molar-refractivity contribution in [3.05, 3.63) is 167 Å². The van der Waals surface area contributed by atoms with Gasteiger partial charge in [-0.1, -0.05) is 132 Å². The number of non-ortho nitro benzene ring substituents is 1. The standard InChI is InChI=1S/C21H18Cl3NOS.C21H18Cl2N2O3S/c1-2-16-17(23)11-18(21(26)20(16)24)25-12-13-5-3-4-6-19(13)27-15-9-7-14(22)8-10-15;1-2-16-17(22)11-18(21(26)20(16)23)24-12-13-5-3-4-6-19(13)29-15-9-7-14(8-10-15)25(27)28/h3-11,25-26H,2,12H2,1H3;3-11,24,26H,2,12H2,1H3. The normalized spacial score (nSPS) is 10.8. The Hall–Kier alpha value is -3.93. The number of halogens is 5.